The third-order valence-corrected chi connectivity index (χ3v) is 5.52. The molecule has 33 heavy (non-hydrogen) atoms. The van der Waals surface area contributed by atoms with Crippen LogP contribution in [0.25, 0.3) is 11.5 Å². The summed E-state index contributed by atoms with van der Waals surface area (Å²) in [6, 6.07) is 13.4. The number of hydrogen-bond acceptors (Lipinski definition) is 8. The molecule has 170 valence electrons. The van der Waals surface area contributed by atoms with Gasteiger partial charge in [0.05, 0.1) is 10.8 Å². The first-order valence-corrected chi connectivity index (χ1v) is 10.5. The summed E-state index contributed by atoms with van der Waals surface area (Å²) in [5.41, 5.74) is 2.37. The number of hydrogen-bond donors (Lipinski definition) is 0. The zero-order valence-electron chi connectivity index (χ0n) is 18.1. The largest absolute Gasteiger partial charge is 0.452 e. The molecular weight excluding hydrogens is 428 g/mol. The number of carbonyl (C=O) groups is 2. The van der Waals surface area contributed by atoms with Gasteiger partial charge in [-0.3, -0.25) is 19.7 Å². The van der Waals surface area contributed by atoms with Gasteiger partial charge in [-0.25, -0.2) is 0 Å². The standard InChI is InChI=1S/C23H22N4O6/c1-3-15-4-8-18(9-5-15)26-13-17(12-20(26)28)23(29)32-14(2)21-24-25-22(33-21)16-6-10-19(11-7-16)27(30)31/h4-11,14,17H,3,12-13H2,1-2H3. The number of aromatic nitrogens is 2. The highest BCUT2D eigenvalue weighted by molar-refractivity contribution is 5.99. The smallest absolute Gasteiger partial charge is 0.312 e. The van der Waals surface area contributed by atoms with Gasteiger partial charge in [-0.05, 0) is 43.2 Å². The number of anilines is 1. The molecule has 0 N–H and O–H groups in total. The predicted octanol–water partition coefficient (Wildman–Crippen LogP) is 3.86. The van der Waals surface area contributed by atoms with E-state index in [1.807, 2.05) is 24.3 Å². The topological polar surface area (TPSA) is 129 Å². The normalized spacial score (nSPS) is 16.6. The van der Waals surface area contributed by atoms with E-state index >= 15 is 0 Å². The number of nitro groups is 1. The Morgan fingerprint density at radius 3 is 2.55 bits per heavy atom. The van der Waals surface area contributed by atoms with Crippen LogP contribution in [0.2, 0.25) is 0 Å². The van der Waals surface area contributed by atoms with Gasteiger partial charge in [-0.1, -0.05) is 19.1 Å². The number of esters is 1. The van der Waals surface area contributed by atoms with Crippen LogP contribution >= 0.6 is 0 Å². The number of aryl methyl sites for hydroxylation is 1. The van der Waals surface area contributed by atoms with Crippen LogP contribution in [0, 0.1) is 16.0 Å². The molecule has 2 unspecified atom stereocenters. The monoisotopic (exact) mass is 450 g/mol. The highest BCUT2D eigenvalue weighted by Gasteiger charge is 2.37. The second-order valence-electron chi connectivity index (χ2n) is 7.75. The van der Waals surface area contributed by atoms with E-state index in [2.05, 4.69) is 17.1 Å². The summed E-state index contributed by atoms with van der Waals surface area (Å²) in [6.07, 6.45) is 0.159. The van der Waals surface area contributed by atoms with Crippen molar-refractivity contribution in [1.82, 2.24) is 10.2 Å². The highest BCUT2D eigenvalue weighted by atomic mass is 16.6. The summed E-state index contributed by atoms with van der Waals surface area (Å²) in [7, 11) is 0. The van der Waals surface area contributed by atoms with Crippen molar-refractivity contribution in [2.24, 2.45) is 5.92 Å². The Bertz CT molecular complexity index is 1170. The molecule has 0 spiro atoms. The van der Waals surface area contributed by atoms with Crippen molar-refractivity contribution in [3.8, 4) is 11.5 Å². The number of non-ortho nitro benzene ring substituents is 1. The van der Waals surface area contributed by atoms with Crippen LogP contribution in [0.3, 0.4) is 0 Å². The zero-order chi connectivity index (χ0) is 23.5. The van der Waals surface area contributed by atoms with Crippen LogP contribution < -0.4 is 4.90 Å². The molecule has 1 aromatic heterocycles. The maximum atomic E-state index is 12.7. The summed E-state index contributed by atoms with van der Waals surface area (Å²) in [4.78, 5) is 37.0. The second kappa shape index (κ2) is 9.19. The van der Waals surface area contributed by atoms with E-state index in [-0.39, 0.29) is 36.3 Å². The molecule has 0 radical (unpaired) electrons. The molecule has 1 amide bonds. The highest BCUT2D eigenvalue weighted by Crippen LogP contribution is 2.29. The van der Waals surface area contributed by atoms with E-state index in [1.165, 1.54) is 29.8 Å². The van der Waals surface area contributed by atoms with Crippen LogP contribution in [0.4, 0.5) is 11.4 Å². The van der Waals surface area contributed by atoms with Gasteiger partial charge < -0.3 is 14.1 Å². The van der Waals surface area contributed by atoms with E-state index in [1.54, 1.807) is 11.8 Å². The molecule has 0 saturated carbocycles. The van der Waals surface area contributed by atoms with Gasteiger partial charge in [0.25, 0.3) is 11.6 Å². The quantitative estimate of drug-likeness (QED) is 0.301. The number of rotatable bonds is 7. The van der Waals surface area contributed by atoms with Gasteiger partial charge in [0.2, 0.25) is 11.8 Å². The van der Waals surface area contributed by atoms with Crippen LogP contribution in [0.5, 0.6) is 0 Å². The third-order valence-electron chi connectivity index (χ3n) is 5.52. The first kappa shape index (κ1) is 22.1. The van der Waals surface area contributed by atoms with E-state index in [9.17, 15) is 19.7 Å². The van der Waals surface area contributed by atoms with Crippen molar-refractivity contribution >= 4 is 23.3 Å². The first-order chi connectivity index (χ1) is 15.9. The Kier molecular flexibility index (Phi) is 6.16. The van der Waals surface area contributed by atoms with Crippen molar-refractivity contribution in [2.75, 3.05) is 11.4 Å². The fraction of sp³-hybridized carbons (Fsp3) is 0.304. The van der Waals surface area contributed by atoms with Gasteiger partial charge >= 0.3 is 5.97 Å². The molecule has 1 aliphatic rings. The van der Waals surface area contributed by atoms with Gasteiger partial charge in [-0.2, -0.15) is 0 Å². The molecule has 1 aliphatic heterocycles. The van der Waals surface area contributed by atoms with Crippen molar-refractivity contribution in [3.63, 3.8) is 0 Å². The number of amides is 1. The van der Waals surface area contributed by atoms with Gasteiger partial charge in [0, 0.05) is 36.3 Å². The number of nitro benzene ring substituents is 1. The lowest BCUT2D eigenvalue weighted by Gasteiger charge is -2.17. The minimum Gasteiger partial charge on any atom is -0.452 e. The first-order valence-electron chi connectivity index (χ1n) is 10.5. The molecule has 3 aromatic rings. The fourth-order valence-electron chi connectivity index (χ4n) is 3.59. The average Bonchev–Trinajstić information content (AvgIpc) is 3.46. The molecule has 1 fully saturated rings. The van der Waals surface area contributed by atoms with Crippen LogP contribution in [-0.2, 0) is 20.7 Å². The molecule has 10 heteroatoms. The summed E-state index contributed by atoms with van der Waals surface area (Å²) >= 11 is 0. The van der Waals surface area contributed by atoms with Crippen molar-refractivity contribution in [2.45, 2.75) is 32.8 Å². The molecule has 4 rings (SSSR count). The number of carbonyl (C=O) groups excluding carboxylic acids is 2. The minimum absolute atomic E-state index is 0.0535. The Labute approximate surface area is 189 Å². The molecule has 2 aromatic carbocycles. The third kappa shape index (κ3) is 4.74. The lowest BCUT2D eigenvalue weighted by molar-refractivity contribution is -0.384. The number of nitrogens with zero attached hydrogens (tertiary/aromatic N) is 4. The summed E-state index contributed by atoms with van der Waals surface area (Å²) < 4.78 is 11.1. The van der Waals surface area contributed by atoms with Crippen LogP contribution in [0.1, 0.15) is 37.8 Å². The van der Waals surface area contributed by atoms with E-state index in [0.29, 0.717) is 5.56 Å². The molecule has 0 aliphatic carbocycles. The Morgan fingerprint density at radius 1 is 1.21 bits per heavy atom. The van der Waals surface area contributed by atoms with E-state index in [4.69, 9.17) is 9.15 Å². The van der Waals surface area contributed by atoms with Gasteiger partial charge in [0.15, 0.2) is 6.10 Å². The lowest BCUT2D eigenvalue weighted by Crippen LogP contribution is -2.26. The SMILES string of the molecule is CCc1ccc(N2CC(C(=O)OC(C)c3nnc(-c4ccc([N+](=O)[O-])cc4)o3)CC2=O)cc1. The van der Waals surface area contributed by atoms with E-state index in [0.717, 1.165) is 12.1 Å². The fourth-order valence-corrected chi connectivity index (χ4v) is 3.59. The summed E-state index contributed by atoms with van der Waals surface area (Å²) in [5.74, 6) is -0.998. The Morgan fingerprint density at radius 2 is 1.91 bits per heavy atom. The van der Waals surface area contributed by atoms with E-state index < -0.39 is 22.9 Å². The molecule has 1 saturated heterocycles. The summed E-state index contributed by atoms with van der Waals surface area (Å²) in [6.45, 7) is 3.90. The zero-order valence-corrected chi connectivity index (χ0v) is 18.1. The van der Waals surface area contributed by atoms with Crippen molar-refractivity contribution in [1.29, 1.82) is 0 Å². The van der Waals surface area contributed by atoms with Crippen molar-refractivity contribution < 1.29 is 23.7 Å². The predicted molar refractivity (Wildman–Crippen MR) is 117 cm³/mol. The minimum atomic E-state index is -0.815. The lowest BCUT2D eigenvalue weighted by atomic mass is 10.1. The average molecular weight is 450 g/mol. The molecule has 0 bridgehead atoms. The molecule has 2 heterocycles. The molecule has 2 atom stereocenters. The Balaban J connectivity index is 1.38. The van der Waals surface area contributed by atoms with Crippen molar-refractivity contribution in [3.05, 3.63) is 70.1 Å². The van der Waals surface area contributed by atoms with Gasteiger partial charge in [0.1, 0.15) is 0 Å². The maximum Gasteiger partial charge on any atom is 0.312 e. The number of benzene rings is 2. The second-order valence-corrected chi connectivity index (χ2v) is 7.75. The Hall–Kier alpha value is -4.08. The molecular formula is C23H22N4O6. The van der Waals surface area contributed by atoms with Crippen LogP contribution in [0.15, 0.2) is 52.9 Å². The molecule has 10 nitrogen and oxygen atoms in total. The summed E-state index contributed by atoms with van der Waals surface area (Å²) in [5, 5.41) is 18.6. The number of ether oxygens (including phenoxy) is 1. The van der Waals surface area contributed by atoms with Crippen LogP contribution in [-0.4, -0.2) is 33.5 Å². The van der Waals surface area contributed by atoms with Gasteiger partial charge in [-0.15, -0.1) is 10.2 Å². The maximum absolute atomic E-state index is 12.7.